The van der Waals surface area contributed by atoms with Crippen molar-refractivity contribution in [3.63, 3.8) is 0 Å². The third-order valence-electron chi connectivity index (χ3n) is 6.93. The second-order valence-corrected chi connectivity index (χ2v) is 11.5. The number of aromatic amines is 1. The second-order valence-electron chi connectivity index (χ2n) is 9.36. The third-order valence-corrected chi connectivity index (χ3v) is 8.79. The number of nitrogens with one attached hydrogen (secondary N) is 3. The molecule has 0 radical (unpaired) electrons. The van der Waals surface area contributed by atoms with Crippen molar-refractivity contribution in [1.82, 2.24) is 19.6 Å². The summed E-state index contributed by atoms with van der Waals surface area (Å²) in [4.78, 5) is 22.9. The lowest BCUT2D eigenvalue weighted by Crippen LogP contribution is -2.43. The maximum atomic E-state index is 15.4. The molecule has 5 rings (SSSR count). The van der Waals surface area contributed by atoms with Crippen molar-refractivity contribution >= 4 is 50.0 Å². The van der Waals surface area contributed by atoms with Gasteiger partial charge in [-0.05, 0) is 35.9 Å². The molecule has 1 saturated heterocycles. The Morgan fingerprint density at radius 3 is 2.60 bits per heavy atom. The number of carbonyl (C=O) groups is 1. The molecule has 13 heteroatoms. The highest BCUT2D eigenvalue weighted by atomic mass is 35.5. The predicted octanol–water partition coefficient (Wildman–Crippen LogP) is 4.41. The van der Waals surface area contributed by atoms with Gasteiger partial charge in [-0.15, -0.1) is 0 Å². The molecule has 0 bridgehead atoms. The Hall–Kier alpha value is -3.58. The summed E-state index contributed by atoms with van der Waals surface area (Å²) >= 11 is 6.62. The average molecular weight is 589 g/mol. The Morgan fingerprint density at radius 2 is 1.90 bits per heavy atom. The first-order valence-corrected chi connectivity index (χ1v) is 14.4. The summed E-state index contributed by atoms with van der Waals surface area (Å²) in [5.41, 5.74) is 1.24. The van der Waals surface area contributed by atoms with Crippen molar-refractivity contribution < 1.29 is 22.0 Å². The fourth-order valence-electron chi connectivity index (χ4n) is 4.56. The zero-order chi connectivity index (χ0) is 28.6. The summed E-state index contributed by atoms with van der Waals surface area (Å²) in [5.74, 6) is -3.40. The Bertz CT molecular complexity index is 1710. The van der Waals surface area contributed by atoms with Crippen LogP contribution in [0.1, 0.15) is 22.8 Å². The maximum absolute atomic E-state index is 15.4. The van der Waals surface area contributed by atoms with Crippen LogP contribution >= 0.6 is 11.6 Å². The minimum Gasteiger partial charge on any atom is -0.368 e. The monoisotopic (exact) mass is 588 g/mol. The van der Waals surface area contributed by atoms with Gasteiger partial charge >= 0.3 is 10.2 Å². The highest BCUT2D eigenvalue weighted by molar-refractivity contribution is 7.90. The fraction of sp³-hybridized carbons (Fsp3) is 0.259. The number of hydrogen-bond acceptors (Lipinski definition) is 6. The first kappa shape index (κ1) is 28.0. The number of benzene rings is 2. The number of fused-ring (bicyclic) bond motifs is 1. The number of pyridine rings is 1. The van der Waals surface area contributed by atoms with E-state index >= 15 is 4.39 Å². The molecule has 0 unspecified atom stereocenters. The molecule has 1 fully saturated rings. The number of hydrogen-bond donors (Lipinski definition) is 3. The Labute approximate surface area is 235 Å². The van der Waals surface area contributed by atoms with E-state index < -0.39 is 38.9 Å². The van der Waals surface area contributed by atoms with Crippen LogP contribution in [0.15, 0.2) is 48.8 Å². The molecule has 1 aliphatic heterocycles. The van der Waals surface area contributed by atoms with Crippen molar-refractivity contribution in [3.8, 4) is 11.1 Å². The second kappa shape index (κ2) is 11.1. The van der Waals surface area contributed by atoms with Gasteiger partial charge in [-0.1, -0.05) is 24.6 Å². The molecule has 1 aliphatic rings. The van der Waals surface area contributed by atoms with Crippen LogP contribution in [0.3, 0.4) is 0 Å². The van der Waals surface area contributed by atoms with Crippen LogP contribution < -0.4 is 14.9 Å². The Balaban J connectivity index is 1.50. The zero-order valence-electron chi connectivity index (χ0n) is 21.8. The first-order chi connectivity index (χ1) is 19.1. The number of nitrogens with zero attached hydrogens (tertiary/aromatic N) is 3. The molecule has 0 spiro atoms. The molecule has 0 aliphatic carbocycles. The van der Waals surface area contributed by atoms with Crippen LogP contribution in [0.2, 0.25) is 5.02 Å². The van der Waals surface area contributed by atoms with Gasteiger partial charge in [0.1, 0.15) is 11.5 Å². The maximum Gasteiger partial charge on any atom is 0.301 e. The molecule has 0 saturated carbocycles. The molecule has 0 atom stereocenters. The van der Waals surface area contributed by atoms with Crippen molar-refractivity contribution in [2.75, 3.05) is 49.4 Å². The van der Waals surface area contributed by atoms with Gasteiger partial charge in [0.2, 0.25) is 5.78 Å². The summed E-state index contributed by atoms with van der Waals surface area (Å²) in [6, 6.07) is 9.14. The lowest BCUT2D eigenvalue weighted by atomic mass is 9.99. The van der Waals surface area contributed by atoms with Gasteiger partial charge in [0.15, 0.2) is 5.82 Å². The van der Waals surface area contributed by atoms with Crippen LogP contribution in [0.4, 0.5) is 20.2 Å². The number of halogens is 3. The normalized spacial score (nSPS) is 14.2. The fourth-order valence-corrected chi connectivity index (χ4v) is 5.79. The third kappa shape index (κ3) is 5.27. The lowest BCUT2D eigenvalue weighted by molar-refractivity contribution is 0.103. The molecule has 0 amide bonds. The number of ketones is 1. The van der Waals surface area contributed by atoms with E-state index in [4.69, 9.17) is 11.6 Å². The van der Waals surface area contributed by atoms with E-state index in [-0.39, 0.29) is 12.1 Å². The molecule has 210 valence electrons. The van der Waals surface area contributed by atoms with Crippen molar-refractivity contribution in [2.45, 2.75) is 6.92 Å². The summed E-state index contributed by atoms with van der Waals surface area (Å²) in [6.45, 7) is 5.14. The van der Waals surface area contributed by atoms with E-state index in [1.54, 1.807) is 19.2 Å². The van der Waals surface area contributed by atoms with Crippen LogP contribution in [0.25, 0.3) is 22.2 Å². The summed E-state index contributed by atoms with van der Waals surface area (Å²) in [6.07, 6.45) is 2.94. The standard InChI is InChI=1S/C27H27ClF2N6O3S/c1-3-35(2)40(38,39)34-22-6-5-21(29)24(25(22)30)26(37)19-15-33-27-18(19)12-17(14-32-27)16-4-7-23(20(28)13-16)36-10-8-31-9-11-36/h4-7,12-15,31,34H,3,8-11H2,1-2H3,(H,32,33). The average Bonchev–Trinajstić information content (AvgIpc) is 3.38. The molecule has 40 heavy (non-hydrogen) atoms. The van der Waals surface area contributed by atoms with Crippen molar-refractivity contribution in [1.29, 1.82) is 0 Å². The Morgan fingerprint density at radius 1 is 1.15 bits per heavy atom. The molecule has 3 heterocycles. The quantitative estimate of drug-likeness (QED) is 0.263. The van der Waals surface area contributed by atoms with E-state index in [0.29, 0.717) is 21.6 Å². The van der Waals surface area contributed by atoms with E-state index in [1.165, 1.54) is 13.2 Å². The highest BCUT2D eigenvalue weighted by Gasteiger charge is 2.27. The van der Waals surface area contributed by atoms with Gasteiger partial charge in [-0.2, -0.15) is 12.7 Å². The predicted molar refractivity (Wildman–Crippen MR) is 152 cm³/mol. The molecule has 2 aromatic carbocycles. The minimum atomic E-state index is -4.10. The van der Waals surface area contributed by atoms with Crippen molar-refractivity contribution in [2.24, 2.45) is 0 Å². The van der Waals surface area contributed by atoms with Gasteiger partial charge in [0, 0.05) is 68.7 Å². The van der Waals surface area contributed by atoms with E-state index in [2.05, 4.69) is 24.9 Å². The van der Waals surface area contributed by atoms with Crippen LogP contribution in [-0.2, 0) is 10.2 Å². The smallest absolute Gasteiger partial charge is 0.301 e. The lowest BCUT2D eigenvalue weighted by Gasteiger charge is -2.30. The Kier molecular flexibility index (Phi) is 7.78. The summed E-state index contributed by atoms with van der Waals surface area (Å²) in [5, 5.41) is 4.22. The largest absolute Gasteiger partial charge is 0.368 e. The van der Waals surface area contributed by atoms with Gasteiger partial charge in [0.05, 0.1) is 22.0 Å². The van der Waals surface area contributed by atoms with E-state index in [0.717, 1.165) is 53.9 Å². The molecule has 3 N–H and O–H groups in total. The van der Waals surface area contributed by atoms with Crippen LogP contribution in [-0.4, -0.2) is 68.2 Å². The highest BCUT2D eigenvalue weighted by Crippen LogP contribution is 2.34. The number of carbonyl (C=O) groups excluding carboxylic acids is 1. The topological polar surface area (TPSA) is 110 Å². The summed E-state index contributed by atoms with van der Waals surface area (Å²) in [7, 11) is -2.80. The number of H-pyrrole nitrogens is 1. The van der Waals surface area contributed by atoms with Gasteiger partial charge in [-0.3, -0.25) is 9.52 Å². The van der Waals surface area contributed by atoms with E-state index in [1.807, 2.05) is 18.2 Å². The number of aromatic nitrogens is 2. The molecule has 9 nitrogen and oxygen atoms in total. The van der Waals surface area contributed by atoms with Crippen LogP contribution in [0, 0.1) is 11.6 Å². The molecule has 4 aromatic rings. The van der Waals surface area contributed by atoms with Crippen LogP contribution in [0.5, 0.6) is 0 Å². The first-order valence-electron chi connectivity index (χ1n) is 12.6. The molecule has 2 aromatic heterocycles. The molecular formula is C27H27ClF2N6O3S. The van der Waals surface area contributed by atoms with E-state index in [9.17, 15) is 17.6 Å². The molecular weight excluding hydrogens is 562 g/mol. The van der Waals surface area contributed by atoms with Gasteiger partial charge < -0.3 is 15.2 Å². The number of piperazine rings is 1. The summed E-state index contributed by atoms with van der Waals surface area (Å²) < 4.78 is 58.0. The van der Waals surface area contributed by atoms with Gasteiger partial charge in [-0.25, -0.2) is 13.8 Å². The zero-order valence-corrected chi connectivity index (χ0v) is 23.3. The number of anilines is 2. The minimum absolute atomic E-state index is 0.0173. The van der Waals surface area contributed by atoms with Gasteiger partial charge in [0.25, 0.3) is 0 Å². The SMILES string of the molecule is CCN(C)S(=O)(=O)Nc1ccc(F)c(C(=O)c2c[nH]c3ncc(-c4ccc(N5CCNCC5)c(Cl)c4)cc23)c1F. The number of rotatable bonds is 8. The van der Waals surface area contributed by atoms with Crippen molar-refractivity contribution in [3.05, 3.63) is 76.6 Å².